The van der Waals surface area contributed by atoms with Gasteiger partial charge in [0.25, 0.3) is 0 Å². The van der Waals surface area contributed by atoms with Crippen molar-refractivity contribution in [3.05, 3.63) is 108 Å². The summed E-state index contributed by atoms with van der Waals surface area (Å²) >= 11 is 0. The van der Waals surface area contributed by atoms with Crippen LogP contribution in [0.2, 0.25) is 0 Å². The minimum atomic E-state index is -0.945. The molecule has 0 aliphatic heterocycles. The molecular weight excluding hydrogens is 308 g/mol. The lowest BCUT2D eigenvalue weighted by Gasteiger charge is -2.39. The Kier molecular flexibility index (Phi) is 5.64. The third kappa shape index (κ3) is 3.51. The van der Waals surface area contributed by atoms with Crippen molar-refractivity contribution >= 4 is 0 Å². The van der Waals surface area contributed by atoms with Crippen LogP contribution in [0, 0.1) is 0 Å². The van der Waals surface area contributed by atoms with E-state index in [1.54, 1.807) is 0 Å². The summed E-state index contributed by atoms with van der Waals surface area (Å²) in [5.41, 5.74) is 1.79. The molecule has 0 aliphatic carbocycles. The van der Waals surface area contributed by atoms with Crippen LogP contribution in [0.5, 0.6) is 0 Å². The fourth-order valence-electron chi connectivity index (χ4n) is 3.23. The second kappa shape index (κ2) is 8.11. The summed E-state index contributed by atoms with van der Waals surface area (Å²) in [4.78, 5) is 0. The topological polar surface area (TPSA) is 29.5 Å². The Bertz CT molecular complexity index is 714. The van der Waals surface area contributed by atoms with Crippen LogP contribution in [0.25, 0.3) is 0 Å². The zero-order valence-electron chi connectivity index (χ0n) is 14.5. The van der Waals surface area contributed by atoms with Gasteiger partial charge >= 0.3 is 0 Å². The highest BCUT2D eigenvalue weighted by atomic mass is 16.5. The molecule has 1 atom stereocenters. The number of rotatable bonds is 7. The molecule has 0 aliphatic rings. The second-order valence-corrected chi connectivity index (χ2v) is 6.13. The number of aliphatic hydroxyl groups excluding tert-OH is 1. The Morgan fingerprint density at radius 3 is 1.64 bits per heavy atom. The van der Waals surface area contributed by atoms with E-state index in [0.29, 0.717) is 6.61 Å². The van der Waals surface area contributed by atoms with E-state index in [2.05, 4.69) is 6.92 Å². The summed E-state index contributed by atoms with van der Waals surface area (Å²) in [6, 6.07) is 29.7. The Labute approximate surface area is 149 Å². The summed E-state index contributed by atoms with van der Waals surface area (Å²) in [6.07, 6.45) is 0.0631. The highest BCUT2D eigenvalue weighted by Crippen LogP contribution is 2.44. The van der Waals surface area contributed by atoms with Gasteiger partial charge < -0.3 is 9.84 Å². The molecular formula is C23H24O2. The largest absolute Gasteiger partial charge is 0.385 e. The van der Waals surface area contributed by atoms with Crippen LogP contribution >= 0.6 is 0 Å². The molecule has 0 radical (unpaired) electrons. The van der Waals surface area contributed by atoms with Crippen molar-refractivity contribution in [1.82, 2.24) is 0 Å². The van der Waals surface area contributed by atoms with Gasteiger partial charge in [-0.1, -0.05) is 97.9 Å². The number of aliphatic hydroxyl groups is 1. The Balaban J connectivity index is 2.21. The van der Waals surface area contributed by atoms with Gasteiger partial charge in [-0.3, -0.25) is 0 Å². The number of hydrogen-bond donors (Lipinski definition) is 1. The third-order valence-electron chi connectivity index (χ3n) is 4.44. The normalized spacial score (nSPS) is 12.7. The summed E-state index contributed by atoms with van der Waals surface area (Å²) in [5.74, 6) is 0. The van der Waals surface area contributed by atoms with Crippen molar-refractivity contribution in [2.75, 3.05) is 6.61 Å². The Morgan fingerprint density at radius 2 is 1.20 bits per heavy atom. The van der Waals surface area contributed by atoms with Gasteiger partial charge in [0.05, 0.1) is 0 Å². The molecule has 0 unspecified atom stereocenters. The van der Waals surface area contributed by atoms with Gasteiger partial charge in [0, 0.05) is 6.61 Å². The van der Waals surface area contributed by atoms with Gasteiger partial charge in [-0.05, 0) is 23.1 Å². The lowest BCUT2D eigenvalue weighted by Crippen LogP contribution is -2.38. The molecule has 3 aromatic carbocycles. The fraction of sp³-hybridized carbons (Fsp3) is 0.217. The quantitative estimate of drug-likeness (QED) is 0.653. The fourth-order valence-corrected chi connectivity index (χ4v) is 3.23. The van der Waals surface area contributed by atoms with Crippen molar-refractivity contribution in [1.29, 1.82) is 0 Å². The molecule has 0 fully saturated rings. The maximum atomic E-state index is 11.4. The van der Waals surface area contributed by atoms with Crippen LogP contribution in [-0.2, 0) is 10.3 Å². The first-order chi connectivity index (χ1) is 12.3. The molecule has 0 amide bonds. The van der Waals surface area contributed by atoms with E-state index in [1.165, 1.54) is 0 Å². The zero-order valence-corrected chi connectivity index (χ0v) is 14.5. The van der Waals surface area contributed by atoms with Gasteiger partial charge in [-0.2, -0.15) is 0 Å². The van der Waals surface area contributed by atoms with Gasteiger partial charge in [0.15, 0.2) is 0 Å². The van der Waals surface area contributed by atoms with Crippen LogP contribution < -0.4 is 0 Å². The van der Waals surface area contributed by atoms with E-state index in [0.717, 1.165) is 23.1 Å². The monoisotopic (exact) mass is 332 g/mol. The number of benzene rings is 3. The van der Waals surface area contributed by atoms with Crippen LogP contribution in [0.4, 0.5) is 0 Å². The minimum Gasteiger partial charge on any atom is -0.385 e. The van der Waals surface area contributed by atoms with Crippen LogP contribution in [0.15, 0.2) is 91.0 Å². The van der Waals surface area contributed by atoms with E-state index in [-0.39, 0.29) is 0 Å². The number of hydrogen-bond acceptors (Lipinski definition) is 2. The van der Waals surface area contributed by atoms with Gasteiger partial charge in [-0.25, -0.2) is 0 Å². The average molecular weight is 332 g/mol. The maximum Gasteiger partial charge on any atom is 0.148 e. The van der Waals surface area contributed by atoms with E-state index in [4.69, 9.17) is 4.74 Å². The minimum absolute atomic E-state index is 0.563. The molecule has 0 saturated heterocycles. The standard InChI is InChI=1S/C23H24O2/c1-2-18-25-23(20-14-8-4-9-15-20,21-16-10-5-11-17-21)22(24)19-12-6-3-7-13-19/h3-17,22,24H,2,18H2,1H3/t22-/m0/s1. The van der Waals surface area contributed by atoms with E-state index in [1.807, 2.05) is 91.0 Å². The van der Waals surface area contributed by atoms with Gasteiger partial charge in [-0.15, -0.1) is 0 Å². The van der Waals surface area contributed by atoms with Crippen LogP contribution in [0.1, 0.15) is 36.1 Å². The molecule has 2 heteroatoms. The molecule has 1 N–H and O–H groups in total. The average Bonchev–Trinajstić information content (AvgIpc) is 2.71. The molecule has 0 aromatic heterocycles. The molecule has 0 spiro atoms. The van der Waals surface area contributed by atoms with Gasteiger partial charge in [0.2, 0.25) is 0 Å². The molecule has 2 nitrogen and oxygen atoms in total. The smallest absolute Gasteiger partial charge is 0.148 e. The van der Waals surface area contributed by atoms with Crippen molar-refractivity contribution in [2.24, 2.45) is 0 Å². The Morgan fingerprint density at radius 1 is 0.760 bits per heavy atom. The van der Waals surface area contributed by atoms with E-state index < -0.39 is 11.7 Å². The number of ether oxygens (including phenoxy) is 1. The van der Waals surface area contributed by atoms with Crippen molar-refractivity contribution in [3.63, 3.8) is 0 Å². The van der Waals surface area contributed by atoms with E-state index in [9.17, 15) is 5.11 Å². The zero-order chi connectivity index (χ0) is 17.5. The van der Waals surface area contributed by atoms with E-state index >= 15 is 0 Å². The molecule has 3 rings (SSSR count). The molecule has 0 heterocycles. The van der Waals surface area contributed by atoms with Crippen LogP contribution in [-0.4, -0.2) is 11.7 Å². The third-order valence-corrected chi connectivity index (χ3v) is 4.44. The molecule has 25 heavy (non-hydrogen) atoms. The predicted octanol–water partition coefficient (Wildman–Crippen LogP) is 5.09. The van der Waals surface area contributed by atoms with Gasteiger partial charge in [0.1, 0.15) is 11.7 Å². The predicted molar refractivity (Wildman–Crippen MR) is 101 cm³/mol. The summed E-state index contributed by atoms with van der Waals surface area (Å²) < 4.78 is 6.42. The van der Waals surface area contributed by atoms with Crippen LogP contribution in [0.3, 0.4) is 0 Å². The first-order valence-electron chi connectivity index (χ1n) is 8.77. The lowest BCUT2D eigenvalue weighted by atomic mass is 9.78. The Hall–Kier alpha value is -2.42. The van der Waals surface area contributed by atoms with Crippen molar-refractivity contribution < 1.29 is 9.84 Å². The maximum absolute atomic E-state index is 11.4. The van der Waals surface area contributed by atoms with Crippen molar-refractivity contribution in [2.45, 2.75) is 25.0 Å². The molecule has 0 bridgehead atoms. The van der Waals surface area contributed by atoms with Crippen molar-refractivity contribution in [3.8, 4) is 0 Å². The summed E-state index contributed by atoms with van der Waals surface area (Å²) in [6.45, 7) is 2.64. The highest BCUT2D eigenvalue weighted by Gasteiger charge is 2.43. The SMILES string of the molecule is CCCOC(c1ccccc1)(c1ccccc1)[C@@H](O)c1ccccc1. The highest BCUT2D eigenvalue weighted by molar-refractivity contribution is 5.41. The first kappa shape index (κ1) is 17.4. The molecule has 3 aromatic rings. The molecule has 0 saturated carbocycles. The lowest BCUT2D eigenvalue weighted by molar-refractivity contribution is -0.105. The summed E-state index contributed by atoms with van der Waals surface area (Å²) in [7, 11) is 0. The molecule has 128 valence electrons. The summed E-state index contributed by atoms with van der Waals surface area (Å²) in [5, 5.41) is 11.4. The second-order valence-electron chi connectivity index (χ2n) is 6.13. The first-order valence-corrected chi connectivity index (χ1v) is 8.77.